The molecule has 0 saturated heterocycles. The number of pyridine rings is 1. The Labute approximate surface area is 174 Å². The minimum atomic E-state index is -10.7. The fourth-order valence-corrected chi connectivity index (χ4v) is 2.79. The van der Waals surface area contributed by atoms with Crippen LogP contribution in [0.5, 0.6) is 5.75 Å². The SMILES string of the molecule is COc1ccc2c(ccc[n+]2CC(=O)N[C@@H](C)c2ccccc2)c1.F[P-](F)(F)(F)(F)F. The number of hydrogen-bond acceptors (Lipinski definition) is 2. The van der Waals surface area contributed by atoms with Crippen LogP contribution in [0.15, 0.2) is 66.9 Å². The maximum atomic E-state index is 12.4. The van der Waals surface area contributed by atoms with Crippen LogP contribution >= 0.6 is 7.81 Å². The third-order valence-corrected chi connectivity index (χ3v) is 4.08. The van der Waals surface area contributed by atoms with Gasteiger partial charge in [-0.3, -0.25) is 4.79 Å². The van der Waals surface area contributed by atoms with Gasteiger partial charge in [0.05, 0.1) is 18.5 Å². The van der Waals surface area contributed by atoms with Crippen LogP contribution < -0.4 is 14.6 Å². The number of fused-ring (bicyclic) bond motifs is 1. The first-order valence-electron chi connectivity index (χ1n) is 8.99. The summed E-state index contributed by atoms with van der Waals surface area (Å²) < 4.78 is 66.4. The minimum absolute atomic E-state index is 0.0142. The summed E-state index contributed by atoms with van der Waals surface area (Å²) in [5.41, 5.74) is 2.10. The Balaban J connectivity index is 0.000000423. The molecule has 1 heterocycles. The Morgan fingerprint density at radius 2 is 1.61 bits per heavy atom. The molecule has 0 aliphatic heterocycles. The normalized spacial score (nSPS) is 14.5. The molecule has 170 valence electrons. The monoisotopic (exact) mass is 466 g/mol. The third kappa shape index (κ3) is 9.65. The van der Waals surface area contributed by atoms with Gasteiger partial charge < -0.3 is 10.1 Å². The molecule has 0 aliphatic rings. The molecule has 0 fully saturated rings. The van der Waals surface area contributed by atoms with Crippen molar-refractivity contribution in [3.05, 3.63) is 72.4 Å². The molecular formula is C20H21F6N2O2P. The van der Waals surface area contributed by atoms with Gasteiger partial charge in [-0.2, -0.15) is 4.57 Å². The Kier molecular flexibility index (Phi) is 6.56. The zero-order valence-electron chi connectivity index (χ0n) is 16.6. The van der Waals surface area contributed by atoms with Gasteiger partial charge in [0.2, 0.25) is 12.1 Å². The second-order valence-electron chi connectivity index (χ2n) is 6.72. The molecule has 4 nitrogen and oxygen atoms in total. The summed E-state index contributed by atoms with van der Waals surface area (Å²) >= 11 is 0. The molecule has 1 amide bonds. The predicted octanol–water partition coefficient (Wildman–Crippen LogP) is 6.40. The summed E-state index contributed by atoms with van der Waals surface area (Å²) in [5, 5.41) is 4.09. The molecule has 0 aliphatic carbocycles. The Bertz CT molecular complexity index is 1050. The van der Waals surface area contributed by atoms with E-state index in [0.717, 1.165) is 22.2 Å². The number of aromatic nitrogens is 1. The van der Waals surface area contributed by atoms with Crippen LogP contribution in [0.3, 0.4) is 0 Å². The quantitative estimate of drug-likeness (QED) is 0.269. The average molecular weight is 466 g/mol. The Morgan fingerprint density at radius 3 is 2.19 bits per heavy atom. The molecule has 0 bridgehead atoms. The molecule has 1 N–H and O–H groups in total. The van der Waals surface area contributed by atoms with E-state index < -0.39 is 7.81 Å². The number of nitrogens with zero attached hydrogens (tertiary/aromatic N) is 1. The van der Waals surface area contributed by atoms with Gasteiger partial charge in [-0.05, 0) is 30.7 Å². The van der Waals surface area contributed by atoms with Crippen LogP contribution in [0, 0.1) is 0 Å². The van der Waals surface area contributed by atoms with Gasteiger partial charge in [-0.1, -0.05) is 30.3 Å². The van der Waals surface area contributed by atoms with Crippen molar-refractivity contribution in [2.45, 2.75) is 19.5 Å². The topological polar surface area (TPSA) is 42.2 Å². The molecule has 1 aromatic heterocycles. The first kappa shape index (κ1) is 24.4. The summed E-state index contributed by atoms with van der Waals surface area (Å²) in [6, 6.07) is 19.7. The van der Waals surface area contributed by atoms with Gasteiger partial charge in [0, 0.05) is 12.1 Å². The molecule has 11 heteroatoms. The van der Waals surface area contributed by atoms with Gasteiger partial charge in [0.1, 0.15) is 5.75 Å². The summed E-state index contributed by atoms with van der Waals surface area (Å²) in [7, 11) is -9.01. The number of hydrogen-bond donors (Lipinski definition) is 1. The van der Waals surface area contributed by atoms with Crippen molar-refractivity contribution in [2.24, 2.45) is 0 Å². The number of ether oxygens (including phenoxy) is 1. The van der Waals surface area contributed by atoms with E-state index in [1.165, 1.54) is 0 Å². The number of rotatable bonds is 5. The molecule has 3 aromatic rings. The van der Waals surface area contributed by atoms with Crippen molar-refractivity contribution in [2.75, 3.05) is 7.11 Å². The zero-order valence-corrected chi connectivity index (χ0v) is 17.5. The second-order valence-corrected chi connectivity index (χ2v) is 8.64. The van der Waals surface area contributed by atoms with E-state index in [-0.39, 0.29) is 18.5 Å². The van der Waals surface area contributed by atoms with E-state index in [1.807, 2.05) is 78.4 Å². The van der Waals surface area contributed by atoms with Crippen molar-refractivity contribution >= 4 is 24.6 Å². The summed E-state index contributed by atoms with van der Waals surface area (Å²) in [4.78, 5) is 12.4. The van der Waals surface area contributed by atoms with E-state index in [4.69, 9.17) is 4.74 Å². The molecule has 31 heavy (non-hydrogen) atoms. The van der Waals surface area contributed by atoms with Crippen LogP contribution in [0.2, 0.25) is 0 Å². The number of amides is 1. The molecule has 0 spiro atoms. The fourth-order valence-electron chi connectivity index (χ4n) is 2.79. The van der Waals surface area contributed by atoms with Crippen LogP contribution in [-0.4, -0.2) is 13.0 Å². The van der Waals surface area contributed by atoms with Crippen molar-refractivity contribution in [3.63, 3.8) is 0 Å². The van der Waals surface area contributed by atoms with Gasteiger partial charge in [0.25, 0.3) is 5.91 Å². The predicted molar refractivity (Wildman–Crippen MR) is 107 cm³/mol. The van der Waals surface area contributed by atoms with Crippen molar-refractivity contribution in [1.29, 1.82) is 0 Å². The van der Waals surface area contributed by atoms with E-state index in [9.17, 15) is 30.0 Å². The summed E-state index contributed by atoms with van der Waals surface area (Å²) in [5.74, 6) is 0.794. The van der Waals surface area contributed by atoms with Crippen LogP contribution in [-0.2, 0) is 11.3 Å². The Morgan fingerprint density at radius 1 is 1.00 bits per heavy atom. The van der Waals surface area contributed by atoms with E-state index in [0.29, 0.717) is 0 Å². The molecular weight excluding hydrogens is 445 g/mol. The van der Waals surface area contributed by atoms with Gasteiger partial charge in [-0.15, -0.1) is 0 Å². The van der Waals surface area contributed by atoms with Gasteiger partial charge in [-0.25, -0.2) is 0 Å². The molecule has 0 radical (unpaired) electrons. The molecule has 0 saturated carbocycles. The number of methoxy groups -OCH3 is 1. The van der Waals surface area contributed by atoms with Gasteiger partial charge >= 0.3 is 33.0 Å². The first-order valence-corrected chi connectivity index (χ1v) is 11.0. The molecule has 3 rings (SSSR count). The standard InChI is InChI=1S/C20H20N2O2.F6P/c1-15(16-7-4-3-5-8-16)21-20(23)14-22-12-6-9-17-13-18(24-2)10-11-19(17)22;1-7(2,3,4,5)6/h3-13,15H,14H2,1-2H3;/q;-1/p+1/t15-;/m0./s1. The number of benzene rings is 2. The number of halogens is 6. The number of nitrogens with one attached hydrogen (secondary N) is 1. The zero-order chi connectivity index (χ0) is 23.3. The van der Waals surface area contributed by atoms with E-state index >= 15 is 0 Å². The third-order valence-electron chi connectivity index (χ3n) is 4.08. The van der Waals surface area contributed by atoms with Crippen molar-refractivity contribution < 1.29 is 39.3 Å². The van der Waals surface area contributed by atoms with Crippen LogP contribution in [0.4, 0.5) is 25.2 Å². The molecule has 0 unspecified atom stereocenters. The first-order chi connectivity index (χ1) is 14.1. The van der Waals surface area contributed by atoms with E-state index in [1.54, 1.807) is 7.11 Å². The Hall–Kier alpha value is -2.87. The van der Waals surface area contributed by atoms with Crippen molar-refractivity contribution in [3.8, 4) is 5.75 Å². The second kappa shape index (κ2) is 8.34. The number of carbonyl (C=O) groups is 1. The summed E-state index contributed by atoms with van der Waals surface area (Å²) in [6.07, 6.45) is 1.92. The van der Waals surface area contributed by atoms with Gasteiger partial charge in [0.15, 0.2) is 6.20 Å². The average Bonchev–Trinajstić information content (AvgIpc) is 2.66. The molecule has 2 aromatic carbocycles. The number of carbonyl (C=O) groups excluding carboxylic acids is 1. The maximum absolute atomic E-state index is 12.4. The molecule has 1 atom stereocenters. The summed E-state index contributed by atoms with van der Waals surface area (Å²) in [6.45, 7) is 2.27. The van der Waals surface area contributed by atoms with E-state index in [2.05, 4.69) is 5.32 Å². The van der Waals surface area contributed by atoms with Crippen LogP contribution in [0.1, 0.15) is 18.5 Å². The van der Waals surface area contributed by atoms with Crippen LogP contribution in [0.25, 0.3) is 10.9 Å². The van der Waals surface area contributed by atoms with Crippen molar-refractivity contribution in [1.82, 2.24) is 5.32 Å². The fraction of sp³-hybridized carbons (Fsp3) is 0.200.